The maximum atomic E-state index is 13.2. The summed E-state index contributed by atoms with van der Waals surface area (Å²) in [5.41, 5.74) is 4.56. The van der Waals surface area contributed by atoms with Gasteiger partial charge in [-0.05, 0) is 37.1 Å². The molecule has 3 N–H and O–H groups in total. The standard InChI is InChI=1S/C21H27F3N4O4/c1-3-5-7-13-27(16-17(25)28(12-6-4-2)20(31)26-18(16)29)19(30)14-8-10-15(11-9-14)32-21(22,23)24/h8-11H,3-7,12-13,25H2,1-2H3,(H,26,29,31). The molecule has 2 rings (SSSR count). The smallest absolute Gasteiger partial charge is 0.406 e. The number of anilines is 2. The molecule has 0 atom stereocenters. The highest BCUT2D eigenvalue weighted by Gasteiger charge is 2.31. The molecule has 0 aliphatic carbocycles. The summed E-state index contributed by atoms with van der Waals surface area (Å²) in [5, 5.41) is 0. The second-order valence-corrected chi connectivity index (χ2v) is 7.23. The molecule has 0 fully saturated rings. The zero-order valence-electron chi connectivity index (χ0n) is 18.0. The molecule has 0 aliphatic heterocycles. The van der Waals surface area contributed by atoms with Gasteiger partial charge in [-0.2, -0.15) is 0 Å². The Kier molecular flexibility index (Phi) is 8.50. The monoisotopic (exact) mass is 456 g/mol. The van der Waals surface area contributed by atoms with E-state index in [1.165, 1.54) is 21.6 Å². The van der Waals surface area contributed by atoms with Gasteiger partial charge in [0.2, 0.25) is 0 Å². The Bertz CT molecular complexity index is 1030. The van der Waals surface area contributed by atoms with E-state index in [1.807, 2.05) is 13.8 Å². The van der Waals surface area contributed by atoms with E-state index >= 15 is 0 Å². The van der Waals surface area contributed by atoms with E-state index in [9.17, 15) is 27.6 Å². The quantitative estimate of drug-likeness (QED) is 0.530. The Morgan fingerprint density at radius 1 is 1.09 bits per heavy atom. The molecule has 0 radical (unpaired) electrons. The number of rotatable bonds is 10. The van der Waals surface area contributed by atoms with Crippen LogP contribution in [-0.4, -0.2) is 28.4 Å². The number of nitrogens with one attached hydrogen (secondary N) is 1. The summed E-state index contributed by atoms with van der Waals surface area (Å²) in [4.78, 5) is 41.4. The highest BCUT2D eigenvalue weighted by atomic mass is 19.4. The lowest BCUT2D eigenvalue weighted by molar-refractivity contribution is -0.274. The fourth-order valence-electron chi connectivity index (χ4n) is 3.17. The number of nitrogens with two attached hydrogens (primary N) is 1. The van der Waals surface area contributed by atoms with Gasteiger partial charge in [-0.15, -0.1) is 13.2 Å². The summed E-state index contributed by atoms with van der Waals surface area (Å²) >= 11 is 0. The topological polar surface area (TPSA) is 110 Å². The number of halogens is 3. The fourth-order valence-corrected chi connectivity index (χ4v) is 3.17. The summed E-state index contributed by atoms with van der Waals surface area (Å²) in [5.74, 6) is -1.23. The van der Waals surface area contributed by atoms with Gasteiger partial charge in [0.05, 0.1) is 0 Å². The first-order valence-corrected chi connectivity index (χ1v) is 10.4. The second-order valence-electron chi connectivity index (χ2n) is 7.23. The number of H-pyrrole nitrogens is 1. The van der Waals surface area contributed by atoms with Crippen molar-refractivity contribution in [1.29, 1.82) is 0 Å². The number of benzene rings is 1. The van der Waals surface area contributed by atoms with Gasteiger partial charge in [0, 0.05) is 18.7 Å². The molecule has 1 heterocycles. The fraction of sp³-hybridized carbons (Fsp3) is 0.476. The van der Waals surface area contributed by atoms with Gasteiger partial charge in [0.15, 0.2) is 5.69 Å². The first kappa shape index (κ1) is 25.0. The van der Waals surface area contributed by atoms with E-state index in [2.05, 4.69) is 9.72 Å². The maximum absolute atomic E-state index is 13.2. The van der Waals surface area contributed by atoms with Gasteiger partial charge in [0.1, 0.15) is 11.6 Å². The van der Waals surface area contributed by atoms with Crippen molar-refractivity contribution in [2.24, 2.45) is 0 Å². The predicted octanol–water partition coefficient (Wildman–Crippen LogP) is 3.65. The van der Waals surface area contributed by atoms with E-state index in [1.54, 1.807) is 0 Å². The van der Waals surface area contributed by atoms with Gasteiger partial charge in [-0.1, -0.05) is 33.1 Å². The minimum atomic E-state index is -4.86. The van der Waals surface area contributed by atoms with Crippen LogP contribution in [0.25, 0.3) is 0 Å². The summed E-state index contributed by atoms with van der Waals surface area (Å²) in [6.07, 6.45) is -1.25. The third-order valence-electron chi connectivity index (χ3n) is 4.78. The maximum Gasteiger partial charge on any atom is 0.573 e. The molecule has 0 saturated carbocycles. The number of nitrogens with zero attached hydrogens (tertiary/aromatic N) is 2. The Balaban J connectivity index is 2.47. The van der Waals surface area contributed by atoms with Crippen molar-refractivity contribution in [3.05, 3.63) is 50.7 Å². The number of aromatic nitrogens is 2. The van der Waals surface area contributed by atoms with Crippen LogP contribution in [0, 0.1) is 0 Å². The molecule has 0 bridgehead atoms. The van der Waals surface area contributed by atoms with Crippen LogP contribution in [0.2, 0.25) is 0 Å². The van der Waals surface area contributed by atoms with E-state index in [0.717, 1.165) is 31.4 Å². The van der Waals surface area contributed by atoms with Crippen molar-refractivity contribution < 1.29 is 22.7 Å². The first-order valence-electron chi connectivity index (χ1n) is 10.4. The summed E-state index contributed by atoms with van der Waals surface area (Å²) < 4.78 is 42.2. The van der Waals surface area contributed by atoms with Crippen molar-refractivity contribution in [1.82, 2.24) is 9.55 Å². The van der Waals surface area contributed by atoms with E-state index in [0.29, 0.717) is 12.8 Å². The molecule has 8 nitrogen and oxygen atoms in total. The number of ether oxygens (including phenoxy) is 1. The van der Waals surface area contributed by atoms with Crippen molar-refractivity contribution in [3.8, 4) is 5.75 Å². The van der Waals surface area contributed by atoms with Crippen LogP contribution < -0.4 is 26.6 Å². The van der Waals surface area contributed by atoms with Crippen LogP contribution in [0.4, 0.5) is 24.7 Å². The number of aromatic amines is 1. The minimum Gasteiger partial charge on any atom is -0.406 e. The predicted molar refractivity (Wildman–Crippen MR) is 115 cm³/mol. The van der Waals surface area contributed by atoms with E-state index in [-0.39, 0.29) is 30.2 Å². The summed E-state index contributed by atoms with van der Waals surface area (Å²) in [6, 6.07) is 4.38. The number of unbranched alkanes of at least 4 members (excludes halogenated alkanes) is 3. The Morgan fingerprint density at radius 3 is 2.28 bits per heavy atom. The van der Waals surface area contributed by atoms with Crippen LogP contribution >= 0.6 is 0 Å². The van der Waals surface area contributed by atoms with Crippen LogP contribution in [0.5, 0.6) is 5.75 Å². The Hall–Kier alpha value is -3.24. The zero-order chi connectivity index (χ0) is 23.9. The van der Waals surface area contributed by atoms with Crippen LogP contribution in [-0.2, 0) is 6.54 Å². The summed E-state index contributed by atoms with van der Waals surface area (Å²) in [7, 11) is 0. The Morgan fingerprint density at radius 2 is 1.72 bits per heavy atom. The number of hydrogen-bond acceptors (Lipinski definition) is 5. The molecule has 0 aliphatic rings. The van der Waals surface area contributed by atoms with Gasteiger partial charge in [-0.25, -0.2) is 4.79 Å². The molecular weight excluding hydrogens is 429 g/mol. The molecule has 1 aromatic carbocycles. The molecule has 0 spiro atoms. The first-order chi connectivity index (χ1) is 15.1. The van der Waals surface area contributed by atoms with Gasteiger partial charge in [-0.3, -0.25) is 19.1 Å². The average Bonchev–Trinajstić information content (AvgIpc) is 2.71. The highest BCUT2D eigenvalue weighted by Crippen LogP contribution is 2.25. The van der Waals surface area contributed by atoms with Crippen LogP contribution in [0.3, 0.4) is 0 Å². The van der Waals surface area contributed by atoms with Gasteiger partial charge < -0.3 is 15.4 Å². The minimum absolute atomic E-state index is 0.0427. The summed E-state index contributed by atoms with van der Waals surface area (Å²) in [6.45, 7) is 4.32. The van der Waals surface area contributed by atoms with Gasteiger partial charge in [0.25, 0.3) is 11.5 Å². The molecule has 1 amide bonds. The van der Waals surface area contributed by atoms with Crippen LogP contribution in [0.1, 0.15) is 56.3 Å². The largest absolute Gasteiger partial charge is 0.573 e. The number of hydrogen-bond donors (Lipinski definition) is 2. The SMILES string of the molecule is CCCCCN(C(=O)c1ccc(OC(F)(F)F)cc1)c1c(N)n(CCCC)c(=O)[nH]c1=O. The number of carbonyl (C=O) groups is 1. The Labute approximate surface area is 182 Å². The number of carbonyl (C=O) groups excluding carboxylic acids is 1. The average molecular weight is 456 g/mol. The van der Waals surface area contributed by atoms with Gasteiger partial charge >= 0.3 is 12.1 Å². The number of nitrogen functional groups attached to an aromatic ring is 1. The normalized spacial score (nSPS) is 11.4. The van der Waals surface area contributed by atoms with Crippen molar-refractivity contribution in [2.75, 3.05) is 17.2 Å². The molecular formula is C21H27F3N4O4. The lowest BCUT2D eigenvalue weighted by Gasteiger charge is -2.25. The molecule has 176 valence electrons. The number of alkyl halides is 3. The molecule has 1 aromatic heterocycles. The van der Waals surface area contributed by atoms with Crippen LogP contribution in [0.15, 0.2) is 33.9 Å². The molecule has 0 unspecified atom stereocenters. The molecule has 2 aromatic rings. The molecule has 11 heteroatoms. The van der Waals surface area contributed by atoms with Crippen molar-refractivity contribution in [2.45, 2.75) is 58.9 Å². The lowest BCUT2D eigenvalue weighted by atomic mass is 10.1. The number of amides is 1. The van der Waals surface area contributed by atoms with E-state index < -0.39 is 29.3 Å². The zero-order valence-corrected chi connectivity index (χ0v) is 18.0. The highest BCUT2D eigenvalue weighted by molar-refractivity contribution is 6.07. The third-order valence-corrected chi connectivity index (χ3v) is 4.78. The lowest BCUT2D eigenvalue weighted by Crippen LogP contribution is -2.41. The molecule has 0 saturated heterocycles. The van der Waals surface area contributed by atoms with Crippen molar-refractivity contribution >= 4 is 17.4 Å². The second kappa shape index (κ2) is 10.9. The molecule has 32 heavy (non-hydrogen) atoms. The third kappa shape index (κ3) is 6.38. The van der Waals surface area contributed by atoms with E-state index in [4.69, 9.17) is 5.73 Å². The van der Waals surface area contributed by atoms with Crippen molar-refractivity contribution in [3.63, 3.8) is 0 Å².